The summed E-state index contributed by atoms with van der Waals surface area (Å²) in [6, 6.07) is 15.2. The van der Waals surface area contributed by atoms with Crippen LogP contribution < -0.4 is 11.1 Å². The molecule has 0 spiro atoms. The van der Waals surface area contributed by atoms with Gasteiger partial charge in [0.05, 0.1) is 6.04 Å². The second-order valence-electron chi connectivity index (χ2n) is 7.14. The van der Waals surface area contributed by atoms with Crippen LogP contribution >= 0.6 is 0 Å². The predicted molar refractivity (Wildman–Crippen MR) is 94.7 cm³/mol. The van der Waals surface area contributed by atoms with Crippen molar-refractivity contribution in [2.45, 2.75) is 39.3 Å². The summed E-state index contributed by atoms with van der Waals surface area (Å²) in [4.78, 5) is 12.5. The van der Waals surface area contributed by atoms with Gasteiger partial charge in [-0.3, -0.25) is 4.79 Å². The summed E-state index contributed by atoms with van der Waals surface area (Å²) in [5.41, 5.74) is 7.74. The molecule has 3 nitrogen and oxygen atoms in total. The topological polar surface area (TPSA) is 55.1 Å². The van der Waals surface area contributed by atoms with Crippen molar-refractivity contribution < 1.29 is 9.18 Å². The third-order valence-electron chi connectivity index (χ3n) is 4.01. The molecule has 2 atom stereocenters. The summed E-state index contributed by atoms with van der Waals surface area (Å²) in [6.07, 6.45) is 0.206. The molecule has 0 saturated heterocycles. The molecule has 0 radical (unpaired) electrons. The van der Waals surface area contributed by atoms with Gasteiger partial charge in [0.2, 0.25) is 5.91 Å². The van der Waals surface area contributed by atoms with E-state index in [1.807, 2.05) is 51.1 Å². The average molecular weight is 328 g/mol. The minimum Gasteiger partial charge on any atom is -0.349 e. The molecule has 0 saturated carbocycles. The first-order chi connectivity index (χ1) is 11.3. The molecule has 0 aliphatic rings. The fourth-order valence-corrected chi connectivity index (χ4v) is 2.69. The molecule has 24 heavy (non-hydrogen) atoms. The minimum atomic E-state index is -0.347. The number of nitrogens with one attached hydrogen (secondary N) is 1. The lowest BCUT2D eigenvalue weighted by atomic mass is 9.82. The van der Waals surface area contributed by atoms with Gasteiger partial charge in [0, 0.05) is 12.5 Å². The van der Waals surface area contributed by atoms with Crippen molar-refractivity contribution >= 4 is 5.91 Å². The van der Waals surface area contributed by atoms with Crippen LogP contribution in [0.3, 0.4) is 0 Å². The largest absolute Gasteiger partial charge is 0.349 e. The van der Waals surface area contributed by atoms with Gasteiger partial charge >= 0.3 is 0 Å². The van der Waals surface area contributed by atoms with Gasteiger partial charge in [-0.2, -0.15) is 0 Å². The molecular weight excluding hydrogens is 303 g/mol. The molecule has 0 heterocycles. The molecule has 2 aromatic rings. The minimum absolute atomic E-state index is 0.115. The van der Waals surface area contributed by atoms with Gasteiger partial charge < -0.3 is 11.1 Å². The van der Waals surface area contributed by atoms with Gasteiger partial charge in [0.1, 0.15) is 5.82 Å². The average Bonchev–Trinajstić information content (AvgIpc) is 2.53. The highest BCUT2D eigenvalue weighted by molar-refractivity contribution is 5.77. The first kappa shape index (κ1) is 18.1. The zero-order chi connectivity index (χ0) is 17.7. The van der Waals surface area contributed by atoms with E-state index in [-0.39, 0.29) is 35.6 Å². The maximum Gasteiger partial charge on any atom is 0.222 e. The Morgan fingerprint density at radius 3 is 2.17 bits per heavy atom. The Morgan fingerprint density at radius 2 is 1.62 bits per heavy atom. The Hall–Kier alpha value is -2.20. The van der Waals surface area contributed by atoms with Crippen LogP contribution in [0.25, 0.3) is 0 Å². The summed E-state index contributed by atoms with van der Waals surface area (Å²) >= 11 is 0. The molecule has 2 unspecified atom stereocenters. The Morgan fingerprint density at radius 1 is 1.04 bits per heavy atom. The van der Waals surface area contributed by atoms with Crippen molar-refractivity contribution in [3.63, 3.8) is 0 Å². The van der Waals surface area contributed by atoms with Gasteiger partial charge in [0.15, 0.2) is 0 Å². The molecule has 2 rings (SSSR count). The number of hydrogen-bond acceptors (Lipinski definition) is 2. The second-order valence-corrected chi connectivity index (χ2v) is 7.14. The van der Waals surface area contributed by atoms with Crippen molar-refractivity contribution in [1.29, 1.82) is 0 Å². The predicted octanol–water partition coefficient (Wildman–Crippen LogP) is 4.12. The lowest BCUT2D eigenvalue weighted by molar-refractivity contribution is -0.123. The van der Waals surface area contributed by atoms with Crippen LogP contribution in [-0.4, -0.2) is 5.91 Å². The fraction of sp³-hybridized carbons (Fsp3) is 0.350. The van der Waals surface area contributed by atoms with Gasteiger partial charge in [-0.15, -0.1) is 0 Å². The lowest BCUT2D eigenvalue weighted by Crippen LogP contribution is -2.37. The number of benzene rings is 2. The van der Waals surface area contributed by atoms with E-state index in [1.54, 1.807) is 12.1 Å². The van der Waals surface area contributed by atoms with E-state index in [4.69, 9.17) is 5.73 Å². The molecule has 0 aliphatic carbocycles. The van der Waals surface area contributed by atoms with E-state index >= 15 is 0 Å². The second kappa shape index (κ2) is 7.58. The Labute approximate surface area is 143 Å². The number of halogens is 1. The normalized spacial score (nSPS) is 14.0. The van der Waals surface area contributed by atoms with Crippen molar-refractivity contribution in [2.24, 2.45) is 11.1 Å². The van der Waals surface area contributed by atoms with E-state index in [1.165, 1.54) is 12.1 Å². The van der Waals surface area contributed by atoms with Crippen LogP contribution in [0.15, 0.2) is 54.6 Å². The highest BCUT2D eigenvalue weighted by atomic mass is 19.1. The highest BCUT2D eigenvalue weighted by Gasteiger charge is 2.28. The lowest BCUT2D eigenvalue weighted by Gasteiger charge is -2.32. The molecule has 2 aromatic carbocycles. The third kappa shape index (κ3) is 4.90. The summed E-state index contributed by atoms with van der Waals surface area (Å²) in [7, 11) is 0. The Kier molecular flexibility index (Phi) is 5.73. The van der Waals surface area contributed by atoms with Crippen LogP contribution in [0.5, 0.6) is 0 Å². The Balaban J connectivity index is 2.09. The van der Waals surface area contributed by atoms with Gasteiger partial charge in [-0.05, 0) is 28.7 Å². The van der Waals surface area contributed by atoms with E-state index in [2.05, 4.69) is 5.32 Å². The maximum atomic E-state index is 13.2. The van der Waals surface area contributed by atoms with Crippen LogP contribution in [0.1, 0.15) is 50.4 Å². The molecule has 4 heteroatoms. The standard InChI is InChI=1S/C20H25FN2O/c1-20(2,3)19(15-9-11-16(21)12-10-15)23-18(24)13-17(22)14-7-5-4-6-8-14/h4-12,17,19H,13,22H2,1-3H3,(H,23,24). The molecule has 0 bridgehead atoms. The van der Waals surface area contributed by atoms with E-state index in [0.717, 1.165) is 11.1 Å². The van der Waals surface area contributed by atoms with Crippen molar-refractivity contribution in [1.82, 2.24) is 5.32 Å². The monoisotopic (exact) mass is 328 g/mol. The zero-order valence-corrected chi connectivity index (χ0v) is 14.4. The van der Waals surface area contributed by atoms with Crippen LogP contribution in [0.4, 0.5) is 4.39 Å². The number of amides is 1. The Bertz CT molecular complexity index is 662. The fourth-order valence-electron chi connectivity index (χ4n) is 2.69. The number of carbonyl (C=O) groups excluding carboxylic acids is 1. The molecule has 0 aromatic heterocycles. The zero-order valence-electron chi connectivity index (χ0n) is 14.4. The summed E-state index contributed by atoms with van der Waals surface area (Å²) in [5.74, 6) is -0.403. The number of carbonyl (C=O) groups is 1. The van der Waals surface area contributed by atoms with Gasteiger partial charge in [-0.25, -0.2) is 4.39 Å². The molecule has 128 valence electrons. The molecule has 3 N–H and O–H groups in total. The number of hydrogen-bond donors (Lipinski definition) is 2. The van der Waals surface area contributed by atoms with Crippen molar-refractivity contribution in [3.8, 4) is 0 Å². The summed E-state index contributed by atoms with van der Waals surface area (Å²) < 4.78 is 13.2. The number of nitrogens with two attached hydrogens (primary N) is 1. The van der Waals surface area contributed by atoms with Crippen LogP contribution in [0, 0.1) is 11.2 Å². The quantitative estimate of drug-likeness (QED) is 0.867. The van der Waals surface area contributed by atoms with Gasteiger partial charge in [0.25, 0.3) is 0 Å². The van der Waals surface area contributed by atoms with Crippen LogP contribution in [0.2, 0.25) is 0 Å². The van der Waals surface area contributed by atoms with E-state index < -0.39 is 0 Å². The molecule has 1 amide bonds. The first-order valence-corrected chi connectivity index (χ1v) is 8.12. The smallest absolute Gasteiger partial charge is 0.222 e. The molecule has 0 fully saturated rings. The molecule has 0 aliphatic heterocycles. The van der Waals surface area contributed by atoms with Gasteiger partial charge in [-0.1, -0.05) is 63.2 Å². The van der Waals surface area contributed by atoms with Crippen molar-refractivity contribution in [2.75, 3.05) is 0 Å². The first-order valence-electron chi connectivity index (χ1n) is 8.12. The SMILES string of the molecule is CC(C)(C)C(NC(=O)CC(N)c1ccccc1)c1ccc(F)cc1. The van der Waals surface area contributed by atoms with Crippen molar-refractivity contribution in [3.05, 3.63) is 71.5 Å². The van der Waals surface area contributed by atoms with E-state index in [9.17, 15) is 9.18 Å². The van der Waals surface area contributed by atoms with Crippen LogP contribution in [-0.2, 0) is 4.79 Å². The third-order valence-corrected chi connectivity index (χ3v) is 4.01. The summed E-state index contributed by atoms with van der Waals surface area (Å²) in [5, 5.41) is 3.05. The van der Waals surface area contributed by atoms with E-state index in [0.29, 0.717) is 0 Å². The molecular formula is C20H25FN2O. The number of rotatable bonds is 5. The summed E-state index contributed by atoms with van der Waals surface area (Å²) in [6.45, 7) is 6.12. The highest BCUT2D eigenvalue weighted by Crippen LogP contribution is 2.33. The maximum absolute atomic E-state index is 13.2.